The van der Waals surface area contributed by atoms with Crippen molar-refractivity contribution in [3.8, 4) is 0 Å². The van der Waals surface area contributed by atoms with Gasteiger partial charge in [-0.25, -0.2) is 0 Å². The normalized spacial score (nSPS) is 39.0. The van der Waals surface area contributed by atoms with Crippen molar-refractivity contribution in [2.24, 2.45) is 17.1 Å². The van der Waals surface area contributed by atoms with Gasteiger partial charge >= 0.3 is 0 Å². The minimum atomic E-state index is 0.471. The van der Waals surface area contributed by atoms with Crippen molar-refractivity contribution in [1.82, 2.24) is 0 Å². The monoisotopic (exact) mass is 155 g/mol. The first-order valence-corrected chi connectivity index (χ1v) is 4.90. The van der Waals surface area contributed by atoms with E-state index in [-0.39, 0.29) is 0 Å². The summed E-state index contributed by atoms with van der Waals surface area (Å²) in [6, 6.07) is 0. The second-order valence-corrected chi connectivity index (χ2v) is 4.39. The predicted octanol–water partition coefficient (Wildman–Crippen LogP) is 2.55. The molecule has 0 amide bonds. The lowest BCUT2D eigenvalue weighted by molar-refractivity contribution is 0.164. The van der Waals surface area contributed by atoms with Gasteiger partial charge in [0.15, 0.2) is 0 Å². The SMILES string of the molecule is CC[C@H]1CCC[C@@](C)(CN)C1. The molecule has 1 rings (SSSR count). The molecule has 0 saturated heterocycles. The minimum absolute atomic E-state index is 0.471. The van der Waals surface area contributed by atoms with Crippen molar-refractivity contribution in [2.75, 3.05) is 6.54 Å². The lowest BCUT2D eigenvalue weighted by Crippen LogP contribution is -2.32. The van der Waals surface area contributed by atoms with Gasteiger partial charge < -0.3 is 5.73 Å². The van der Waals surface area contributed by atoms with Crippen LogP contribution < -0.4 is 5.73 Å². The molecule has 1 aliphatic rings. The van der Waals surface area contributed by atoms with Crippen LogP contribution in [0.1, 0.15) is 46.0 Å². The first-order valence-electron chi connectivity index (χ1n) is 4.90. The highest BCUT2D eigenvalue weighted by Crippen LogP contribution is 2.39. The maximum atomic E-state index is 5.75. The highest BCUT2D eigenvalue weighted by molar-refractivity contribution is 4.82. The first-order chi connectivity index (χ1) is 5.20. The quantitative estimate of drug-likeness (QED) is 0.651. The van der Waals surface area contributed by atoms with Crippen LogP contribution in [0.2, 0.25) is 0 Å². The van der Waals surface area contributed by atoms with Crippen LogP contribution in [0.25, 0.3) is 0 Å². The molecular weight excluding hydrogens is 134 g/mol. The van der Waals surface area contributed by atoms with Crippen LogP contribution >= 0.6 is 0 Å². The van der Waals surface area contributed by atoms with Crippen LogP contribution in [-0.2, 0) is 0 Å². The van der Waals surface area contributed by atoms with Gasteiger partial charge in [-0.05, 0) is 30.7 Å². The fourth-order valence-corrected chi connectivity index (χ4v) is 2.25. The van der Waals surface area contributed by atoms with Crippen LogP contribution in [0.5, 0.6) is 0 Å². The average molecular weight is 155 g/mol. The smallest absolute Gasteiger partial charge is 0.00231 e. The zero-order chi connectivity index (χ0) is 8.32. The summed E-state index contributed by atoms with van der Waals surface area (Å²) in [6.45, 7) is 5.52. The predicted molar refractivity (Wildman–Crippen MR) is 49.4 cm³/mol. The minimum Gasteiger partial charge on any atom is -0.330 e. The lowest BCUT2D eigenvalue weighted by Gasteiger charge is -2.36. The summed E-state index contributed by atoms with van der Waals surface area (Å²) in [5.41, 5.74) is 6.23. The summed E-state index contributed by atoms with van der Waals surface area (Å²) in [5, 5.41) is 0. The van der Waals surface area contributed by atoms with E-state index >= 15 is 0 Å². The molecule has 1 heteroatoms. The van der Waals surface area contributed by atoms with E-state index in [2.05, 4.69) is 13.8 Å². The summed E-state index contributed by atoms with van der Waals surface area (Å²) < 4.78 is 0. The van der Waals surface area contributed by atoms with E-state index in [9.17, 15) is 0 Å². The van der Waals surface area contributed by atoms with Gasteiger partial charge in [-0.3, -0.25) is 0 Å². The molecule has 11 heavy (non-hydrogen) atoms. The van der Waals surface area contributed by atoms with Crippen LogP contribution in [0.15, 0.2) is 0 Å². The fourth-order valence-electron chi connectivity index (χ4n) is 2.25. The number of rotatable bonds is 2. The number of nitrogens with two attached hydrogens (primary N) is 1. The molecule has 0 spiro atoms. The molecule has 0 heterocycles. The topological polar surface area (TPSA) is 26.0 Å². The van der Waals surface area contributed by atoms with Crippen molar-refractivity contribution in [3.63, 3.8) is 0 Å². The summed E-state index contributed by atoms with van der Waals surface area (Å²) in [4.78, 5) is 0. The molecule has 1 aliphatic carbocycles. The van der Waals surface area contributed by atoms with Gasteiger partial charge in [0.25, 0.3) is 0 Å². The molecule has 0 unspecified atom stereocenters. The number of hydrogen-bond acceptors (Lipinski definition) is 1. The third-order valence-corrected chi connectivity index (χ3v) is 3.24. The Morgan fingerprint density at radius 3 is 2.82 bits per heavy atom. The average Bonchev–Trinajstić information content (AvgIpc) is 2.05. The third kappa shape index (κ3) is 2.19. The molecule has 0 aromatic rings. The van der Waals surface area contributed by atoms with Crippen LogP contribution in [0.3, 0.4) is 0 Å². The van der Waals surface area contributed by atoms with Crippen molar-refractivity contribution in [3.05, 3.63) is 0 Å². The molecule has 2 atom stereocenters. The van der Waals surface area contributed by atoms with Crippen molar-refractivity contribution in [2.45, 2.75) is 46.0 Å². The van der Waals surface area contributed by atoms with E-state index < -0.39 is 0 Å². The highest BCUT2D eigenvalue weighted by atomic mass is 14.6. The molecule has 66 valence electrons. The van der Waals surface area contributed by atoms with E-state index in [4.69, 9.17) is 5.73 Å². The summed E-state index contributed by atoms with van der Waals surface area (Å²) >= 11 is 0. The van der Waals surface area contributed by atoms with Crippen molar-refractivity contribution in [1.29, 1.82) is 0 Å². The summed E-state index contributed by atoms with van der Waals surface area (Å²) in [7, 11) is 0. The molecule has 0 radical (unpaired) electrons. The Morgan fingerprint density at radius 1 is 1.55 bits per heavy atom. The third-order valence-electron chi connectivity index (χ3n) is 3.24. The summed E-state index contributed by atoms with van der Waals surface area (Å²) in [5.74, 6) is 0.956. The van der Waals surface area contributed by atoms with E-state index in [1.807, 2.05) is 0 Å². The van der Waals surface area contributed by atoms with Gasteiger partial charge in [0.1, 0.15) is 0 Å². The van der Waals surface area contributed by atoms with E-state index in [0.717, 1.165) is 12.5 Å². The standard InChI is InChI=1S/C10H21N/c1-3-9-5-4-6-10(2,7-9)8-11/h9H,3-8,11H2,1-2H3/t9-,10+/m0/s1. The van der Waals surface area contributed by atoms with Gasteiger partial charge in [-0.2, -0.15) is 0 Å². The second kappa shape index (κ2) is 3.57. The zero-order valence-electron chi connectivity index (χ0n) is 7.90. The molecule has 1 saturated carbocycles. The maximum Gasteiger partial charge on any atom is -0.00231 e. The van der Waals surface area contributed by atoms with Crippen molar-refractivity contribution < 1.29 is 0 Å². The molecule has 0 aromatic heterocycles. The molecule has 1 nitrogen and oxygen atoms in total. The summed E-state index contributed by atoms with van der Waals surface area (Å²) in [6.07, 6.45) is 6.88. The molecule has 0 bridgehead atoms. The Bertz CT molecular complexity index is 122. The molecular formula is C10H21N. The molecule has 1 fully saturated rings. The van der Waals surface area contributed by atoms with Crippen molar-refractivity contribution >= 4 is 0 Å². The molecule has 0 aromatic carbocycles. The van der Waals surface area contributed by atoms with E-state index in [0.29, 0.717) is 5.41 Å². The van der Waals surface area contributed by atoms with Crippen LogP contribution in [-0.4, -0.2) is 6.54 Å². The molecule has 2 N–H and O–H groups in total. The Hall–Kier alpha value is -0.0400. The van der Waals surface area contributed by atoms with Gasteiger partial charge in [-0.1, -0.05) is 33.1 Å². The largest absolute Gasteiger partial charge is 0.330 e. The van der Waals surface area contributed by atoms with Crippen LogP contribution in [0.4, 0.5) is 0 Å². The lowest BCUT2D eigenvalue weighted by atomic mass is 9.70. The number of hydrogen-bond donors (Lipinski definition) is 1. The molecule has 0 aliphatic heterocycles. The van der Waals surface area contributed by atoms with Gasteiger partial charge in [0, 0.05) is 0 Å². The Morgan fingerprint density at radius 2 is 2.27 bits per heavy atom. The van der Waals surface area contributed by atoms with Gasteiger partial charge in [0.2, 0.25) is 0 Å². The maximum absolute atomic E-state index is 5.75. The Balaban J connectivity index is 2.44. The van der Waals surface area contributed by atoms with Crippen LogP contribution in [0, 0.1) is 11.3 Å². The second-order valence-electron chi connectivity index (χ2n) is 4.39. The van der Waals surface area contributed by atoms with E-state index in [1.54, 1.807) is 0 Å². The Labute approximate surface area is 70.4 Å². The Kier molecular flexibility index (Phi) is 2.94. The zero-order valence-corrected chi connectivity index (χ0v) is 7.90. The van der Waals surface area contributed by atoms with E-state index in [1.165, 1.54) is 32.1 Å². The fraction of sp³-hybridized carbons (Fsp3) is 1.00. The van der Waals surface area contributed by atoms with Gasteiger partial charge in [0.05, 0.1) is 0 Å². The van der Waals surface area contributed by atoms with Gasteiger partial charge in [-0.15, -0.1) is 0 Å². The highest BCUT2D eigenvalue weighted by Gasteiger charge is 2.29. The first kappa shape index (κ1) is 9.05.